The Bertz CT molecular complexity index is 626. The number of aromatic nitrogens is 1. The molecule has 108 valence electrons. The Morgan fingerprint density at radius 1 is 1.19 bits per heavy atom. The molecule has 0 spiro atoms. The van der Waals surface area contributed by atoms with Crippen LogP contribution in [0.4, 0.5) is 5.69 Å². The zero-order valence-electron chi connectivity index (χ0n) is 11.7. The minimum absolute atomic E-state index is 0.281. The fourth-order valence-corrected chi connectivity index (χ4v) is 1.87. The lowest BCUT2D eigenvalue weighted by molar-refractivity contribution is -0.144. The van der Waals surface area contributed by atoms with Crippen LogP contribution in [0.5, 0.6) is 0 Å². The molecule has 0 aliphatic rings. The average Bonchev–Trinajstić information content (AvgIpc) is 2.48. The van der Waals surface area contributed by atoms with E-state index in [-0.39, 0.29) is 12.5 Å². The monoisotopic (exact) mass is 284 g/mol. The van der Waals surface area contributed by atoms with Crippen molar-refractivity contribution >= 4 is 17.6 Å². The summed E-state index contributed by atoms with van der Waals surface area (Å²) < 4.78 is 4.67. The summed E-state index contributed by atoms with van der Waals surface area (Å²) in [6.07, 6.45) is 4.17. The summed E-state index contributed by atoms with van der Waals surface area (Å²) in [6, 6.07) is 11.4. The van der Waals surface area contributed by atoms with Gasteiger partial charge in [-0.05, 0) is 23.3 Å². The van der Waals surface area contributed by atoms with Crippen LogP contribution in [0.25, 0.3) is 0 Å². The number of pyridine rings is 1. The van der Waals surface area contributed by atoms with E-state index < -0.39 is 5.97 Å². The van der Waals surface area contributed by atoms with Crippen molar-refractivity contribution in [2.45, 2.75) is 13.3 Å². The first kappa shape index (κ1) is 14.7. The molecule has 0 saturated heterocycles. The number of nitrogens with one attached hydrogen (secondary N) is 1. The Hall–Kier alpha value is -2.69. The van der Waals surface area contributed by atoms with E-state index >= 15 is 0 Å². The predicted molar refractivity (Wildman–Crippen MR) is 78.7 cm³/mol. The molecule has 1 aromatic heterocycles. The molecule has 0 saturated carbocycles. The largest absolute Gasteiger partial charge is 0.456 e. The molecule has 5 nitrogen and oxygen atoms in total. The highest BCUT2D eigenvalue weighted by atomic mass is 16.5. The van der Waals surface area contributed by atoms with E-state index in [0.29, 0.717) is 12.1 Å². The molecular weight excluding hydrogens is 268 g/mol. The smallest absolute Gasteiger partial charge is 0.303 e. The molecule has 0 aliphatic carbocycles. The van der Waals surface area contributed by atoms with Gasteiger partial charge >= 0.3 is 5.97 Å². The molecule has 0 aliphatic heterocycles. The van der Waals surface area contributed by atoms with Gasteiger partial charge in [0.25, 0.3) is 5.91 Å². The third kappa shape index (κ3) is 4.72. The van der Waals surface area contributed by atoms with Gasteiger partial charge in [0.05, 0.1) is 0 Å². The van der Waals surface area contributed by atoms with Gasteiger partial charge in [0.2, 0.25) is 0 Å². The standard InChI is InChI=1S/C16H16N2O3/c1-12(19)21-11-16(20)18-15-7-3-2-6-14(15)9-13-5-4-8-17-10-13/h2-8,10H,9,11H2,1H3,(H,18,20). The summed E-state index contributed by atoms with van der Waals surface area (Å²) in [7, 11) is 0. The Kier molecular flexibility index (Phi) is 5.04. The average molecular weight is 284 g/mol. The molecule has 1 amide bonds. The van der Waals surface area contributed by atoms with Gasteiger partial charge in [-0.3, -0.25) is 14.6 Å². The number of para-hydroxylation sites is 1. The summed E-state index contributed by atoms with van der Waals surface area (Å²) in [5.41, 5.74) is 2.74. The molecule has 1 heterocycles. The molecule has 0 radical (unpaired) electrons. The number of benzene rings is 1. The first-order chi connectivity index (χ1) is 10.1. The van der Waals surface area contributed by atoms with E-state index in [0.717, 1.165) is 11.1 Å². The van der Waals surface area contributed by atoms with Crippen LogP contribution in [0.1, 0.15) is 18.1 Å². The molecule has 2 rings (SSSR count). The van der Waals surface area contributed by atoms with Crippen molar-refractivity contribution in [3.05, 3.63) is 59.9 Å². The Morgan fingerprint density at radius 2 is 2.00 bits per heavy atom. The number of carbonyl (C=O) groups excluding carboxylic acids is 2. The summed E-state index contributed by atoms with van der Waals surface area (Å²) in [5.74, 6) is -0.836. The summed E-state index contributed by atoms with van der Waals surface area (Å²) in [5, 5.41) is 2.75. The van der Waals surface area contributed by atoms with Crippen LogP contribution < -0.4 is 5.32 Å². The molecule has 0 bridgehead atoms. The van der Waals surface area contributed by atoms with Crippen LogP contribution in [0.15, 0.2) is 48.8 Å². The van der Waals surface area contributed by atoms with Crippen molar-refractivity contribution in [1.29, 1.82) is 0 Å². The third-order valence-electron chi connectivity index (χ3n) is 2.82. The van der Waals surface area contributed by atoms with E-state index in [1.807, 2.05) is 36.4 Å². The second-order valence-corrected chi connectivity index (χ2v) is 4.52. The van der Waals surface area contributed by atoms with Gasteiger partial charge in [-0.2, -0.15) is 0 Å². The van der Waals surface area contributed by atoms with Gasteiger partial charge in [-0.1, -0.05) is 24.3 Å². The lowest BCUT2D eigenvalue weighted by Crippen LogP contribution is -2.20. The second-order valence-electron chi connectivity index (χ2n) is 4.52. The van der Waals surface area contributed by atoms with E-state index in [4.69, 9.17) is 0 Å². The maximum atomic E-state index is 11.7. The number of esters is 1. The predicted octanol–water partition coefficient (Wildman–Crippen LogP) is 2.17. The maximum absolute atomic E-state index is 11.7. The lowest BCUT2D eigenvalue weighted by atomic mass is 10.0. The normalized spacial score (nSPS) is 9.95. The molecule has 0 fully saturated rings. The number of rotatable bonds is 5. The Morgan fingerprint density at radius 3 is 2.71 bits per heavy atom. The lowest BCUT2D eigenvalue weighted by Gasteiger charge is -2.11. The number of ether oxygens (including phenoxy) is 1. The van der Waals surface area contributed by atoms with Crippen molar-refractivity contribution in [3.63, 3.8) is 0 Å². The second kappa shape index (κ2) is 7.19. The maximum Gasteiger partial charge on any atom is 0.303 e. The molecule has 21 heavy (non-hydrogen) atoms. The number of carbonyl (C=O) groups is 2. The number of hydrogen-bond donors (Lipinski definition) is 1. The van der Waals surface area contributed by atoms with Crippen LogP contribution in [0, 0.1) is 0 Å². The topological polar surface area (TPSA) is 68.3 Å². The van der Waals surface area contributed by atoms with Crippen LogP contribution >= 0.6 is 0 Å². The molecule has 0 atom stereocenters. The SMILES string of the molecule is CC(=O)OCC(=O)Nc1ccccc1Cc1cccnc1. The molecular formula is C16H16N2O3. The molecule has 1 aromatic carbocycles. The molecule has 0 unspecified atom stereocenters. The fraction of sp³-hybridized carbons (Fsp3) is 0.188. The van der Waals surface area contributed by atoms with Gasteiger partial charge in [0.1, 0.15) is 0 Å². The molecule has 2 aromatic rings. The number of amides is 1. The van der Waals surface area contributed by atoms with Crippen LogP contribution in [0.2, 0.25) is 0 Å². The van der Waals surface area contributed by atoms with Crippen LogP contribution in [-0.4, -0.2) is 23.5 Å². The summed E-state index contributed by atoms with van der Waals surface area (Å²) >= 11 is 0. The van der Waals surface area contributed by atoms with E-state index in [1.54, 1.807) is 12.4 Å². The van der Waals surface area contributed by atoms with Gasteiger partial charge in [-0.25, -0.2) is 0 Å². The summed E-state index contributed by atoms with van der Waals surface area (Å²) in [4.78, 5) is 26.5. The first-order valence-electron chi connectivity index (χ1n) is 6.55. The zero-order chi connectivity index (χ0) is 15.1. The number of hydrogen-bond acceptors (Lipinski definition) is 4. The van der Waals surface area contributed by atoms with Crippen molar-refractivity contribution in [2.75, 3.05) is 11.9 Å². The van der Waals surface area contributed by atoms with E-state index in [9.17, 15) is 9.59 Å². The highest BCUT2D eigenvalue weighted by molar-refractivity contribution is 5.93. The zero-order valence-corrected chi connectivity index (χ0v) is 11.7. The van der Waals surface area contributed by atoms with Gasteiger partial charge < -0.3 is 10.1 Å². The third-order valence-corrected chi connectivity index (χ3v) is 2.82. The highest BCUT2D eigenvalue weighted by Crippen LogP contribution is 2.18. The van der Waals surface area contributed by atoms with Crippen LogP contribution in [0.3, 0.4) is 0 Å². The van der Waals surface area contributed by atoms with Crippen molar-refractivity contribution in [2.24, 2.45) is 0 Å². The van der Waals surface area contributed by atoms with Gasteiger partial charge in [0.15, 0.2) is 6.61 Å². The fourth-order valence-electron chi connectivity index (χ4n) is 1.87. The van der Waals surface area contributed by atoms with E-state index in [1.165, 1.54) is 6.92 Å². The van der Waals surface area contributed by atoms with E-state index in [2.05, 4.69) is 15.0 Å². The number of nitrogens with zero attached hydrogens (tertiary/aromatic N) is 1. The van der Waals surface area contributed by atoms with Crippen LogP contribution in [-0.2, 0) is 20.7 Å². The number of anilines is 1. The Labute approximate surface area is 123 Å². The first-order valence-corrected chi connectivity index (χ1v) is 6.55. The minimum Gasteiger partial charge on any atom is -0.456 e. The molecule has 1 N–H and O–H groups in total. The minimum atomic E-state index is -0.478. The van der Waals surface area contributed by atoms with Crippen molar-refractivity contribution in [3.8, 4) is 0 Å². The van der Waals surface area contributed by atoms with Gasteiger partial charge in [-0.15, -0.1) is 0 Å². The Balaban J connectivity index is 2.06. The van der Waals surface area contributed by atoms with Crippen molar-refractivity contribution < 1.29 is 14.3 Å². The highest BCUT2D eigenvalue weighted by Gasteiger charge is 2.08. The summed E-state index contributed by atoms with van der Waals surface area (Å²) in [6.45, 7) is 0.986. The van der Waals surface area contributed by atoms with Gasteiger partial charge in [0, 0.05) is 31.4 Å². The molecule has 5 heteroatoms. The van der Waals surface area contributed by atoms with Crippen molar-refractivity contribution in [1.82, 2.24) is 4.98 Å². The quantitative estimate of drug-likeness (QED) is 0.854.